The second-order valence-electron chi connectivity index (χ2n) is 3.67. The molecule has 0 unspecified atom stereocenters. The monoisotopic (exact) mass is 240 g/mol. The number of hydrogen-bond acceptors (Lipinski definition) is 2. The number of carbonyl (C=O) groups is 1. The standard InChI is InChI=1S/C15H16N2O/c1-12(17-2)6-4-3-5-7-13-8-10-14(11-9-13)15(16)18/h3-4,6,8-11,17H,1-2H3,(H2,16,18)/b4-3+,12-6-. The van der Waals surface area contributed by atoms with E-state index in [-0.39, 0.29) is 0 Å². The summed E-state index contributed by atoms with van der Waals surface area (Å²) in [7, 11) is 1.87. The van der Waals surface area contributed by atoms with Crippen molar-refractivity contribution in [3.05, 3.63) is 59.3 Å². The lowest BCUT2D eigenvalue weighted by molar-refractivity contribution is 0.100. The van der Waals surface area contributed by atoms with Crippen LogP contribution < -0.4 is 11.1 Å². The highest BCUT2D eigenvalue weighted by Gasteiger charge is 1.97. The van der Waals surface area contributed by atoms with Gasteiger partial charge in [0.15, 0.2) is 0 Å². The molecule has 0 aliphatic carbocycles. The molecule has 0 saturated heterocycles. The lowest BCUT2D eigenvalue weighted by atomic mass is 10.1. The molecule has 0 atom stereocenters. The van der Waals surface area contributed by atoms with E-state index in [4.69, 9.17) is 5.73 Å². The molecule has 1 aromatic carbocycles. The lowest BCUT2D eigenvalue weighted by Gasteiger charge is -1.94. The number of primary amides is 1. The number of nitrogens with one attached hydrogen (secondary N) is 1. The molecule has 3 heteroatoms. The minimum absolute atomic E-state index is 0.429. The van der Waals surface area contributed by atoms with Gasteiger partial charge in [0.25, 0.3) is 0 Å². The molecular weight excluding hydrogens is 224 g/mol. The van der Waals surface area contributed by atoms with E-state index in [0.717, 1.165) is 11.3 Å². The third kappa shape index (κ3) is 4.58. The summed E-state index contributed by atoms with van der Waals surface area (Å²) in [4.78, 5) is 10.9. The Bertz CT molecular complexity index is 528. The maximum Gasteiger partial charge on any atom is 0.248 e. The number of hydrogen-bond donors (Lipinski definition) is 2. The first-order chi connectivity index (χ1) is 8.63. The van der Waals surface area contributed by atoms with E-state index in [0.29, 0.717) is 5.56 Å². The van der Waals surface area contributed by atoms with Crippen LogP contribution in [0.25, 0.3) is 0 Å². The molecule has 0 aliphatic rings. The van der Waals surface area contributed by atoms with Crippen molar-refractivity contribution in [1.29, 1.82) is 0 Å². The molecule has 0 saturated carbocycles. The zero-order chi connectivity index (χ0) is 13.4. The van der Waals surface area contributed by atoms with Gasteiger partial charge >= 0.3 is 0 Å². The predicted octanol–water partition coefficient (Wildman–Crippen LogP) is 1.82. The Morgan fingerprint density at radius 3 is 2.56 bits per heavy atom. The van der Waals surface area contributed by atoms with Gasteiger partial charge in [0.05, 0.1) is 0 Å². The Kier molecular flexibility index (Phi) is 5.27. The lowest BCUT2D eigenvalue weighted by Crippen LogP contribution is -2.10. The molecule has 0 spiro atoms. The summed E-state index contributed by atoms with van der Waals surface area (Å²) >= 11 is 0. The molecule has 1 rings (SSSR count). The van der Waals surface area contributed by atoms with E-state index in [1.54, 1.807) is 30.3 Å². The number of nitrogens with two attached hydrogens (primary N) is 1. The van der Waals surface area contributed by atoms with Crippen LogP contribution in [-0.4, -0.2) is 13.0 Å². The van der Waals surface area contributed by atoms with Gasteiger partial charge in [-0.05, 0) is 43.3 Å². The maximum absolute atomic E-state index is 10.9. The summed E-state index contributed by atoms with van der Waals surface area (Å²) in [6, 6.07) is 6.88. The molecule has 0 aromatic heterocycles. The van der Waals surface area contributed by atoms with Crippen molar-refractivity contribution in [3.8, 4) is 11.8 Å². The normalized spacial score (nSPS) is 10.9. The Morgan fingerprint density at radius 1 is 1.33 bits per heavy atom. The fourth-order valence-corrected chi connectivity index (χ4v) is 1.17. The van der Waals surface area contributed by atoms with Crippen LogP contribution in [0.15, 0.2) is 48.2 Å². The first-order valence-electron chi connectivity index (χ1n) is 5.56. The van der Waals surface area contributed by atoms with Gasteiger partial charge < -0.3 is 11.1 Å². The average molecular weight is 240 g/mol. The van der Waals surface area contributed by atoms with Crippen molar-refractivity contribution >= 4 is 5.91 Å². The number of carbonyl (C=O) groups excluding carboxylic acids is 1. The Morgan fingerprint density at radius 2 is 2.00 bits per heavy atom. The van der Waals surface area contributed by atoms with Gasteiger partial charge in [-0.25, -0.2) is 0 Å². The number of rotatable bonds is 3. The summed E-state index contributed by atoms with van der Waals surface area (Å²) in [6.07, 6.45) is 5.57. The summed E-state index contributed by atoms with van der Waals surface area (Å²) in [5, 5.41) is 3.01. The molecule has 92 valence electrons. The molecule has 1 aromatic rings. The largest absolute Gasteiger partial charge is 0.392 e. The summed E-state index contributed by atoms with van der Waals surface area (Å²) in [6.45, 7) is 1.97. The topological polar surface area (TPSA) is 55.1 Å². The van der Waals surface area contributed by atoms with Crippen LogP contribution in [0.4, 0.5) is 0 Å². The second kappa shape index (κ2) is 6.97. The van der Waals surface area contributed by atoms with Crippen LogP contribution in [0, 0.1) is 11.8 Å². The molecule has 0 radical (unpaired) electrons. The summed E-state index contributed by atoms with van der Waals surface area (Å²) < 4.78 is 0. The van der Waals surface area contributed by atoms with Gasteiger partial charge in [0, 0.05) is 23.9 Å². The van der Waals surface area contributed by atoms with Gasteiger partial charge in [-0.15, -0.1) is 0 Å². The molecule has 18 heavy (non-hydrogen) atoms. The molecule has 0 aliphatic heterocycles. The fourth-order valence-electron chi connectivity index (χ4n) is 1.17. The highest BCUT2D eigenvalue weighted by Crippen LogP contribution is 2.02. The Balaban J connectivity index is 2.66. The smallest absolute Gasteiger partial charge is 0.248 e. The quantitative estimate of drug-likeness (QED) is 0.625. The van der Waals surface area contributed by atoms with Crippen molar-refractivity contribution < 1.29 is 4.79 Å². The highest BCUT2D eigenvalue weighted by atomic mass is 16.1. The molecule has 3 nitrogen and oxygen atoms in total. The maximum atomic E-state index is 10.9. The van der Waals surface area contributed by atoms with E-state index in [1.165, 1.54) is 0 Å². The second-order valence-corrected chi connectivity index (χ2v) is 3.67. The fraction of sp³-hybridized carbons (Fsp3) is 0.133. The van der Waals surface area contributed by atoms with Crippen LogP contribution in [0.2, 0.25) is 0 Å². The van der Waals surface area contributed by atoms with Crippen molar-refractivity contribution in [2.24, 2.45) is 5.73 Å². The Labute approximate surface area is 107 Å². The summed E-state index contributed by atoms with van der Waals surface area (Å²) in [5.74, 6) is 5.45. The predicted molar refractivity (Wildman–Crippen MR) is 73.8 cm³/mol. The first kappa shape index (κ1) is 13.6. The van der Waals surface area contributed by atoms with Gasteiger partial charge in [-0.1, -0.05) is 17.9 Å². The molecule has 3 N–H and O–H groups in total. The van der Waals surface area contributed by atoms with Crippen LogP contribution in [0.1, 0.15) is 22.8 Å². The third-order valence-corrected chi connectivity index (χ3v) is 2.31. The minimum Gasteiger partial charge on any atom is -0.392 e. The number of amides is 1. The first-order valence-corrected chi connectivity index (χ1v) is 5.56. The highest BCUT2D eigenvalue weighted by molar-refractivity contribution is 5.92. The van der Waals surface area contributed by atoms with Crippen LogP contribution >= 0.6 is 0 Å². The molecule has 0 fully saturated rings. The van der Waals surface area contributed by atoms with E-state index in [9.17, 15) is 4.79 Å². The minimum atomic E-state index is -0.429. The van der Waals surface area contributed by atoms with Crippen molar-refractivity contribution in [2.75, 3.05) is 7.05 Å². The molecule has 1 amide bonds. The molecule has 0 bridgehead atoms. The van der Waals surface area contributed by atoms with Crippen molar-refractivity contribution in [1.82, 2.24) is 5.32 Å². The van der Waals surface area contributed by atoms with E-state index >= 15 is 0 Å². The molecule has 0 heterocycles. The van der Waals surface area contributed by atoms with Gasteiger partial charge in [-0.2, -0.15) is 0 Å². The van der Waals surface area contributed by atoms with E-state index < -0.39 is 5.91 Å². The number of benzene rings is 1. The van der Waals surface area contributed by atoms with Crippen LogP contribution in [0.5, 0.6) is 0 Å². The van der Waals surface area contributed by atoms with Crippen LogP contribution in [-0.2, 0) is 0 Å². The van der Waals surface area contributed by atoms with Crippen molar-refractivity contribution in [3.63, 3.8) is 0 Å². The van der Waals surface area contributed by atoms with Crippen molar-refractivity contribution in [2.45, 2.75) is 6.92 Å². The average Bonchev–Trinajstić information content (AvgIpc) is 2.38. The van der Waals surface area contributed by atoms with E-state index in [1.807, 2.05) is 26.1 Å². The zero-order valence-electron chi connectivity index (χ0n) is 10.5. The van der Waals surface area contributed by atoms with Gasteiger partial charge in [-0.3, -0.25) is 4.79 Å². The van der Waals surface area contributed by atoms with Gasteiger partial charge in [0.1, 0.15) is 0 Å². The Hall–Kier alpha value is -2.47. The summed E-state index contributed by atoms with van der Waals surface area (Å²) in [5.41, 5.74) is 7.55. The SMILES string of the molecule is CN/C(C)=C\C=C\C#Cc1ccc(C(N)=O)cc1. The van der Waals surface area contributed by atoms with Gasteiger partial charge in [0.2, 0.25) is 5.91 Å². The third-order valence-electron chi connectivity index (χ3n) is 2.31. The zero-order valence-corrected chi connectivity index (χ0v) is 10.5. The van der Waals surface area contributed by atoms with Crippen LogP contribution in [0.3, 0.4) is 0 Å². The number of allylic oxidation sites excluding steroid dienone is 4. The van der Waals surface area contributed by atoms with E-state index in [2.05, 4.69) is 17.2 Å². The molecular formula is C15H16N2O.